The van der Waals surface area contributed by atoms with Crippen LogP contribution in [0.5, 0.6) is 0 Å². The second-order valence-corrected chi connectivity index (χ2v) is 6.94. The predicted octanol–water partition coefficient (Wildman–Crippen LogP) is 1.40. The maximum Gasteiger partial charge on any atom is 0.270 e. The first-order valence-electron chi connectivity index (χ1n) is 9.33. The summed E-state index contributed by atoms with van der Waals surface area (Å²) in [4.78, 5) is 19.4. The second kappa shape index (κ2) is 6.90. The van der Waals surface area contributed by atoms with Crippen LogP contribution in [0.15, 0.2) is 73.0 Å². The maximum atomic E-state index is 12.6. The van der Waals surface area contributed by atoms with Gasteiger partial charge in [-0.15, -0.1) is 5.53 Å². The van der Waals surface area contributed by atoms with E-state index in [1.807, 2.05) is 55.0 Å². The summed E-state index contributed by atoms with van der Waals surface area (Å²) >= 11 is 0. The van der Waals surface area contributed by atoms with Crippen molar-refractivity contribution in [2.24, 2.45) is 0 Å². The Morgan fingerprint density at radius 2 is 2.04 bits per heavy atom. The van der Waals surface area contributed by atoms with Crippen molar-refractivity contribution < 1.29 is 4.79 Å². The van der Waals surface area contributed by atoms with Crippen LogP contribution in [0, 0.1) is 0 Å². The van der Waals surface area contributed by atoms with Crippen molar-refractivity contribution in [3.05, 3.63) is 73.0 Å². The number of rotatable bonds is 4. The lowest BCUT2D eigenvalue weighted by Gasteiger charge is -2.19. The van der Waals surface area contributed by atoms with Crippen molar-refractivity contribution in [1.29, 1.82) is 0 Å². The normalized spacial score (nSPS) is 19.0. The van der Waals surface area contributed by atoms with Gasteiger partial charge in [0.25, 0.3) is 5.91 Å². The predicted molar refractivity (Wildman–Crippen MR) is 107 cm³/mol. The molecule has 0 radical (unpaired) electrons. The van der Waals surface area contributed by atoms with Gasteiger partial charge in [0.05, 0.1) is 17.4 Å². The number of anilines is 2. The number of hydrazine groups is 2. The molecule has 2 aliphatic rings. The third kappa shape index (κ3) is 3.03. The SMILES string of the molecule is O=C(NC1CCN(c2nccn3cccc23)C1)C1=CN(c2ccccc2)NN1. The number of hydrogen-bond acceptors (Lipinski definition) is 6. The minimum Gasteiger partial charge on any atom is -0.353 e. The molecule has 2 aliphatic heterocycles. The van der Waals surface area contributed by atoms with E-state index in [0.29, 0.717) is 5.70 Å². The van der Waals surface area contributed by atoms with Crippen LogP contribution < -0.4 is 26.2 Å². The van der Waals surface area contributed by atoms with Crippen LogP contribution in [0.1, 0.15) is 6.42 Å². The summed E-state index contributed by atoms with van der Waals surface area (Å²) in [6.07, 6.45) is 8.42. The van der Waals surface area contributed by atoms with Crippen LogP contribution in [0.25, 0.3) is 5.52 Å². The third-order valence-corrected chi connectivity index (χ3v) is 5.10. The van der Waals surface area contributed by atoms with Gasteiger partial charge in [-0.05, 0) is 30.7 Å². The van der Waals surface area contributed by atoms with Crippen LogP contribution in [-0.4, -0.2) is 34.4 Å². The molecule has 1 saturated heterocycles. The molecule has 8 heteroatoms. The second-order valence-electron chi connectivity index (χ2n) is 6.94. The fourth-order valence-electron chi connectivity index (χ4n) is 3.69. The molecule has 1 unspecified atom stereocenters. The number of aromatic nitrogens is 2. The molecule has 1 amide bonds. The van der Waals surface area contributed by atoms with Crippen molar-refractivity contribution in [2.45, 2.75) is 12.5 Å². The molecule has 8 nitrogen and oxygen atoms in total. The topological polar surface area (TPSA) is 76.9 Å². The van der Waals surface area contributed by atoms with Crippen LogP contribution in [0.3, 0.4) is 0 Å². The minimum absolute atomic E-state index is 0.0815. The Labute approximate surface area is 162 Å². The Balaban J connectivity index is 1.24. The van der Waals surface area contributed by atoms with Crippen molar-refractivity contribution in [2.75, 3.05) is 23.0 Å². The Morgan fingerprint density at radius 3 is 2.93 bits per heavy atom. The first-order chi connectivity index (χ1) is 13.8. The van der Waals surface area contributed by atoms with E-state index >= 15 is 0 Å². The standard InChI is InChI=1S/C20H21N7O/c28-20(17-14-27(24-23-17)16-5-2-1-3-6-16)22-15-8-11-26(13-15)19-18-7-4-10-25(18)12-9-21-19/h1-7,9-10,12,14-15,23-24H,8,11,13H2,(H,22,28). The first-order valence-corrected chi connectivity index (χ1v) is 9.33. The van der Waals surface area contributed by atoms with Gasteiger partial charge in [-0.2, -0.15) is 0 Å². The average Bonchev–Trinajstić information content (AvgIpc) is 3.48. The van der Waals surface area contributed by atoms with Crippen molar-refractivity contribution in [1.82, 2.24) is 25.7 Å². The Morgan fingerprint density at radius 1 is 1.14 bits per heavy atom. The zero-order valence-corrected chi connectivity index (χ0v) is 15.2. The number of fused-ring (bicyclic) bond motifs is 1. The summed E-state index contributed by atoms with van der Waals surface area (Å²) in [5, 5.41) is 4.91. The summed E-state index contributed by atoms with van der Waals surface area (Å²) in [5.74, 6) is 0.839. The number of amides is 1. The quantitative estimate of drug-likeness (QED) is 0.640. The molecule has 142 valence electrons. The molecule has 3 N–H and O–H groups in total. The van der Waals surface area contributed by atoms with E-state index in [4.69, 9.17) is 0 Å². The van der Waals surface area contributed by atoms with E-state index in [0.717, 1.165) is 36.5 Å². The van der Waals surface area contributed by atoms with Crippen LogP contribution in [0.2, 0.25) is 0 Å². The Hall–Kier alpha value is -3.52. The lowest BCUT2D eigenvalue weighted by molar-refractivity contribution is -0.118. The fraction of sp³-hybridized carbons (Fsp3) is 0.200. The largest absolute Gasteiger partial charge is 0.353 e. The summed E-state index contributed by atoms with van der Waals surface area (Å²) in [5.41, 5.74) is 8.46. The zero-order valence-electron chi connectivity index (χ0n) is 15.2. The zero-order chi connectivity index (χ0) is 18.9. The van der Waals surface area contributed by atoms with E-state index in [-0.39, 0.29) is 11.9 Å². The van der Waals surface area contributed by atoms with Gasteiger partial charge in [-0.1, -0.05) is 18.2 Å². The average molecular weight is 375 g/mol. The lowest BCUT2D eigenvalue weighted by atomic mass is 10.2. The number of hydrogen-bond donors (Lipinski definition) is 3. The van der Waals surface area contributed by atoms with Gasteiger partial charge in [0.2, 0.25) is 0 Å². The van der Waals surface area contributed by atoms with Crippen molar-refractivity contribution >= 4 is 22.9 Å². The van der Waals surface area contributed by atoms with Gasteiger partial charge in [-0.25, -0.2) is 4.98 Å². The van der Waals surface area contributed by atoms with Gasteiger partial charge in [0, 0.05) is 37.7 Å². The molecule has 1 fully saturated rings. The minimum atomic E-state index is -0.119. The number of nitrogens with zero attached hydrogens (tertiary/aromatic N) is 4. The highest BCUT2D eigenvalue weighted by atomic mass is 16.2. The summed E-state index contributed by atoms with van der Waals surface area (Å²) in [6, 6.07) is 14.0. The van der Waals surface area contributed by atoms with Gasteiger partial charge < -0.3 is 14.6 Å². The number of carbonyl (C=O) groups is 1. The summed E-state index contributed by atoms with van der Waals surface area (Å²) in [6.45, 7) is 1.61. The lowest BCUT2D eigenvalue weighted by Crippen LogP contribution is -2.42. The molecule has 1 aromatic carbocycles. The molecule has 2 aromatic heterocycles. The molecule has 0 spiro atoms. The molecule has 0 saturated carbocycles. The molecule has 0 aliphatic carbocycles. The number of nitrogens with one attached hydrogen (secondary N) is 3. The Kier molecular flexibility index (Phi) is 4.10. The van der Waals surface area contributed by atoms with Crippen LogP contribution >= 0.6 is 0 Å². The fourth-order valence-corrected chi connectivity index (χ4v) is 3.69. The molecular formula is C20H21N7O. The highest BCUT2D eigenvalue weighted by Gasteiger charge is 2.28. The first kappa shape index (κ1) is 16.6. The maximum absolute atomic E-state index is 12.6. The molecule has 3 aromatic rings. The molecule has 4 heterocycles. The van der Waals surface area contributed by atoms with E-state index in [2.05, 4.69) is 36.6 Å². The van der Waals surface area contributed by atoms with Crippen LogP contribution in [0.4, 0.5) is 11.5 Å². The number of benzene rings is 1. The number of para-hydroxylation sites is 1. The summed E-state index contributed by atoms with van der Waals surface area (Å²) in [7, 11) is 0. The van der Waals surface area contributed by atoms with E-state index in [9.17, 15) is 4.79 Å². The third-order valence-electron chi connectivity index (χ3n) is 5.10. The Bertz CT molecular complexity index is 1030. The van der Waals surface area contributed by atoms with Crippen LogP contribution in [-0.2, 0) is 4.79 Å². The van der Waals surface area contributed by atoms with Gasteiger partial charge in [0.1, 0.15) is 5.70 Å². The highest BCUT2D eigenvalue weighted by molar-refractivity contribution is 5.94. The molecular weight excluding hydrogens is 354 g/mol. The van der Waals surface area contributed by atoms with Gasteiger partial charge in [-0.3, -0.25) is 15.2 Å². The molecule has 1 atom stereocenters. The van der Waals surface area contributed by atoms with E-state index < -0.39 is 0 Å². The number of carbonyl (C=O) groups excluding carboxylic acids is 1. The van der Waals surface area contributed by atoms with Gasteiger partial charge in [0.15, 0.2) is 5.82 Å². The molecule has 0 bridgehead atoms. The highest BCUT2D eigenvalue weighted by Crippen LogP contribution is 2.23. The van der Waals surface area contributed by atoms with E-state index in [1.54, 1.807) is 11.2 Å². The monoisotopic (exact) mass is 375 g/mol. The van der Waals surface area contributed by atoms with E-state index in [1.165, 1.54) is 0 Å². The smallest absolute Gasteiger partial charge is 0.270 e. The summed E-state index contributed by atoms with van der Waals surface area (Å²) < 4.78 is 2.06. The van der Waals surface area contributed by atoms with Gasteiger partial charge >= 0.3 is 0 Å². The molecule has 28 heavy (non-hydrogen) atoms. The molecule has 5 rings (SSSR count). The van der Waals surface area contributed by atoms with Crippen molar-refractivity contribution in [3.8, 4) is 0 Å². The van der Waals surface area contributed by atoms with Crippen molar-refractivity contribution in [3.63, 3.8) is 0 Å².